The predicted octanol–water partition coefficient (Wildman–Crippen LogP) is 0.980. The molecule has 3 rings (SSSR count). The van der Waals surface area contributed by atoms with Gasteiger partial charge in [0.25, 0.3) is 0 Å². The van der Waals surface area contributed by atoms with Crippen molar-refractivity contribution in [1.29, 1.82) is 0 Å². The van der Waals surface area contributed by atoms with Crippen molar-refractivity contribution in [2.75, 3.05) is 26.3 Å². The van der Waals surface area contributed by atoms with E-state index in [1.165, 1.54) is 4.31 Å². The number of benzene rings is 1. The van der Waals surface area contributed by atoms with E-state index in [9.17, 15) is 13.2 Å². The van der Waals surface area contributed by atoms with E-state index >= 15 is 0 Å². The van der Waals surface area contributed by atoms with Gasteiger partial charge in [-0.2, -0.15) is 4.31 Å². The number of hydrogen-bond acceptors (Lipinski definition) is 4. The smallest absolute Gasteiger partial charge is 0.243 e. The van der Waals surface area contributed by atoms with E-state index < -0.39 is 10.0 Å². The Labute approximate surface area is 136 Å². The number of hydrogen-bond donors (Lipinski definition) is 1. The third-order valence-electron chi connectivity index (χ3n) is 4.44. The van der Waals surface area contributed by atoms with Gasteiger partial charge in [0, 0.05) is 25.6 Å². The Morgan fingerprint density at radius 3 is 2.43 bits per heavy atom. The van der Waals surface area contributed by atoms with Crippen molar-refractivity contribution in [3.05, 3.63) is 29.8 Å². The molecule has 1 aliphatic heterocycles. The van der Waals surface area contributed by atoms with Gasteiger partial charge in [-0.15, -0.1) is 0 Å². The zero-order chi connectivity index (χ0) is 16.4. The Bertz CT molecular complexity index is 666. The monoisotopic (exact) mass is 338 g/mol. The van der Waals surface area contributed by atoms with Crippen LogP contribution in [-0.4, -0.2) is 44.9 Å². The summed E-state index contributed by atoms with van der Waals surface area (Å²) < 4.78 is 31.6. The molecule has 0 aromatic heterocycles. The fourth-order valence-corrected chi connectivity index (χ4v) is 4.13. The van der Waals surface area contributed by atoms with Crippen molar-refractivity contribution in [1.82, 2.24) is 9.62 Å². The first-order valence-corrected chi connectivity index (χ1v) is 9.37. The van der Waals surface area contributed by atoms with E-state index in [-0.39, 0.29) is 16.7 Å². The maximum absolute atomic E-state index is 12.5. The Hall–Kier alpha value is -1.44. The topological polar surface area (TPSA) is 75.7 Å². The van der Waals surface area contributed by atoms with E-state index in [1.54, 1.807) is 24.3 Å². The average Bonchev–Trinajstić information content (AvgIpc) is 3.31. The van der Waals surface area contributed by atoms with Crippen LogP contribution in [0.25, 0.3) is 0 Å². The van der Waals surface area contributed by atoms with Crippen molar-refractivity contribution in [2.24, 2.45) is 11.8 Å². The molecular formula is C16H22N2O4S. The number of morpholine rings is 1. The SMILES string of the molecule is C[C@@H]1C[C@H]1C(=O)NCc1ccc(S(=O)(=O)N2CCOCC2)cc1. The summed E-state index contributed by atoms with van der Waals surface area (Å²) in [6.45, 7) is 4.14. The molecule has 1 amide bonds. The summed E-state index contributed by atoms with van der Waals surface area (Å²) >= 11 is 0. The number of amides is 1. The van der Waals surface area contributed by atoms with E-state index in [0.717, 1.165) is 12.0 Å². The largest absolute Gasteiger partial charge is 0.379 e. The molecule has 0 unspecified atom stereocenters. The highest BCUT2D eigenvalue weighted by molar-refractivity contribution is 7.89. The molecule has 0 bridgehead atoms. The number of nitrogens with zero attached hydrogens (tertiary/aromatic N) is 1. The molecule has 1 N–H and O–H groups in total. The van der Waals surface area contributed by atoms with Crippen molar-refractivity contribution in [2.45, 2.75) is 24.8 Å². The first-order valence-electron chi connectivity index (χ1n) is 7.93. The van der Waals surface area contributed by atoms with Gasteiger partial charge in [-0.3, -0.25) is 4.79 Å². The summed E-state index contributed by atoms with van der Waals surface area (Å²) in [5, 5.41) is 2.90. The fourth-order valence-electron chi connectivity index (χ4n) is 2.72. The first-order chi connectivity index (χ1) is 11.0. The highest BCUT2D eigenvalue weighted by Crippen LogP contribution is 2.37. The molecular weight excluding hydrogens is 316 g/mol. The predicted molar refractivity (Wildman–Crippen MR) is 85.1 cm³/mol. The number of sulfonamides is 1. The molecule has 1 saturated heterocycles. The van der Waals surface area contributed by atoms with E-state index in [1.807, 2.05) is 0 Å². The summed E-state index contributed by atoms with van der Waals surface area (Å²) in [5.41, 5.74) is 0.896. The molecule has 0 spiro atoms. The summed E-state index contributed by atoms with van der Waals surface area (Å²) in [6.07, 6.45) is 0.961. The standard InChI is InChI=1S/C16H22N2O4S/c1-12-10-15(12)16(19)17-11-13-2-4-14(5-3-13)23(20,21)18-6-8-22-9-7-18/h2-5,12,15H,6-11H2,1H3,(H,17,19)/t12-,15-/m1/s1. The molecule has 7 heteroatoms. The van der Waals surface area contributed by atoms with Gasteiger partial charge < -0.3 is 10.1 Å². The van der Waals surface area contributed by atoms with Crippen molar-refractivity contribution >= 4 is 15.9 Å². The summed E-state index contributed by atoms with van der Waals surface area (Å²) in [7, 11) is -3.45. The first kappa shape index (κ1) is 16.4. The minimum atomic E-state index is -3.45. The Morgan fingerprint density at radius 2 is 1.87 bits per heavy atom. The van der Waals surface area contributed by atoms with Crippen LogP contribution in [0.5, 0.6) is 0 Å². The lowest BCUT2D eigenvalue weighted by Crippen LogP contribution is -2.40. The lowest BCUT2D eigenvalue weighted by molar-refractivity contribution is -0.122. The third-order valence-corrected chi connectivity index (χ3v) is 6.36. The number of carbonyl (C=O) groups excluding carboxylic acids is 1. The molecule has 2 aliphatic rings. The molecule has 1 saturated carbocycles. The molecule has 1 aliphatic carbocycles. The van der Waals surface area contributed by atoms with Gasteiger partial charge in [0.2, 0.25) is 15.9 Å². The van der Waals surface area contributed by atoms with Gasteiger partial charge in [0.15, 0.2) is 0 Å². The van der Waals surface area contributed by atoms with Crippen LogP contribution in [0, 0.1) is 11.8 Å². The lowest BCUT2D eigenvalue weighted by Gasteiger charge is -2.26. The van der Waals surface area contributed by atoms with Crippen LogP contribution in [0.2, 0.25) is 0 Å². The fraction of sp³-hybridized carbons (Fsp3) is 0.562. The summed E-state index contributed by atoms with van der Waals surface area (Å²) in [6, 6.07) is 6.71. The van der Waals surface area contributed by atoms with Crippen molar-refractivity contribution < 1.29 is 17.9 Å². The normalized spacial score (nSPS) is 25.1. The summed E-state index contributed by atoms with van der Waals surface area (Å²) in [4.78, 5) is 12.1. The van der Waals surface area contributed by atoms with Crippen LogP contribution >= 0.6 is 0 Å². The molecule has 0 radical (unpaired) electrons. The number of rotatable bonds is 5. The maximum atomic E-state index is 12.5. The van der Waals surface area contributed by atoms with Crippen molar-refractivity contribution in [3.8, 4) is 0 Å². The Kier molecular flexibility index (Phi) is 4.70. The summed E-state index contributed by atoms with van der Waals surface area (Å²) in [5.74, 6) is 0.717. The average molecular weight is 338 g/mol. The minimum Gasteiger partial charge on any atom is -0.379 e. The molecule has 1 aromatic rings. The lowest BCUT2D eigenvalue weighted by atomic mass is 10.2. The van der Waals surface area contributed by atoms with Gasteiger partial charge in [-0.1, -0.05) is 19.1 Å². The highest BCUT2D eigenvalue weighted by Gasteiger charge is 2.38. The van der Waals surface area contributed by atoms with Gasteiger partial charge in [0.05, 0.1) is 18.1 Å². The Morgan fingerprint density at radius 1 is 1.26 bits per heavy atom. The zero-order valence-corrected chi connectivity index (χ0v) is 14.0. The van der Waals surface area contributed by atoms with Crippen LogP contribution in [0.4, 0.5) is 0 Å². The van der Waals surface area contributed by atoms with Crippen molar-refractivity contribution in [3.63, 3.8) is 0 Å². The van der Waals surface area contributed by atoms with Crippen LogP contribution in [0.15, 0.2) is 29.2 Å². The van der Waals surface area contributed by atoms with Gasteiger partial charge in [-0.05, 0) is 30.0 Å². The molecule has 6 nitrogen and oxygen atoms in total. The molecule has 2 atom stereocenters. The van der Waals surface area contributed by atoms with Crippen LogP contribution < -0.4 is 5.32 Å². The number of nitrogens with one attached hydrogen (secondary N) is 1. The van der Waals surface area contributed by atoms with Crippen LogP contribution in [-0.2, 0) is 26.1 Å². The molecule has 1 aromatic carbocycles. The molecule has 126 valence electrons. The second kappa shape index (κ2) is 6.59. The Balaban J connectivity index is 1.61. The van der Waals surface area contributed by atoms with Crippen LogP contribution in [0.3, 0.4) is 0 Å². The molecule has 2 fully saturated rings. The van der Waals surface area contributed by atoms with E-state index in [2.05, 4.69) is 12.2 Å². The second-order valence-corrected chi connectivity index (χ2v) is 8.14. The van der Waals surface area contributed by atoms with Gasteiger partial charge >= 0.3 is 0 Å². The molecule has 1 heterocycles. The van der Waals surface area contributed by atoms with E-state index in [4.69, 9.17) is 4.74 Å². The maximum Gasteiger partial charge on any atom is 0.243 e. The number of carbonyl (C=O) groups is 1. The van der Waals surface area contributed by atoms with E-state index in [0.29, 0.717) is 38.8 Å². The zero-order valence-electron chi connectivity index (χ0n) is 13.2. The molecule has 23 heavy (non-hydrogen) atoms. The second-order valence-electron chi connectivity index (χ2n) is 6.20. The van der Waals surface area contributed by atoms with Gasteiger partial charge in [0.1, 0.15) is 0 Å². The highest BCUT2D eigenvalue weighted by atomic mass is 32.2. The van der Waals surface area contributed by atoms with Crippen LogP contribution in [0.1, 0.15) is 18.9 Å². The minimum absolute atomic E-state index is 0.0857. The third kappa shape index (κ3) is 3.73. The van der Waals surface area contributed by atoms with Gasteiger partial charge in [-0.25, -0.2) is 8.42 Å². The quantitative estimate of drug-likeness (QED) is 0.868. The number of ether oxygens (including phenoxy) is 1.